The van der Waals surface area contributed by atoms with Crippen LogP contribution in [0.3, 0.4) is 0 Å². The zero-order valence-corrected chi connectivity index (χ0v) is 26.3. The summed E-state index contributed by atoms with van der Waals surface area (Å²) in [6.07, 6.45) is 3.62. The van der Waals surface area contributed by atoms with Gasteiger partial charge in [-0.2, -0.15) is 0 Å². The average molecular weight is 602 g/mol. The Morgan fingerprint density at radius 2 is 1.09 bits per heavy atom. The van der Waals surface area contributed by atoms with E-state index in [1.165, 1.54) is 49.5 Å². The number of benzene rings is 6. The van der Waals surface area contributed by atoms with Crippen LogP contribution in [0.5, 0.6) is 0 Å². The highest BCUT2D eigenvalue weighted by Gasteiger charge is 2.37. The van der Waals surface area contributed by atoms with Crippen LogP contribution in [-0.2, 0) is 5.41 Å². The zero-order chi connectivity index (χ0) is 31.5. The molecule has 0 atom stereocenters. The first-order valence-corrected chi connectivity index (χ1v) is 16.1. The maximum absolute atomic E-state index is 5.14. The summed E-state index contributed by atoms with van der Waals surface area (Å²) < 4.78 is 0. The number of aromatic nitrogens is 3. The number of hydrogen-bond acceptors (Lipinski definition) is 3. The van der Waals surface area contributed by atoms with Gasteiger partial charge in [0.25, 0.3) is 0 Å². The van der Waals surface area contributed by atoms with E-state index in [4.69, 9.17) is 9.97 Å². The third-order valence-electron chi connectivity index (χ3n) is 9.78. The molecule has 0 bridgehead atoms. The van der Waals surface area contributed by atoms with Crippen LogP contribution in [0.1, 0.15) is 25.0 Å². The molecule has 2 aromatic heterocycles. The second-order valence-corrected chi connectivity index (χ2v) is 12.9. The van der Waals surface area contributed by atoms with Crippen LogP contribution in [-0.4, -0.2) is 15.0 Å². The van der Waals surface area contributed by atoms with Crippen molar-refractivity contribution in [3.63, 3.8) is 0 Å². The minimum atomic E-state index is -0.116. The van der Waals surface area contributed by atoms with Gasteiger partial charge in [-0.25, -0.2) is 9.97 Å². The largest absolute Gasteiger partial charge is 0.265 e. The van der Waals surface area contributed by atoms with Gasteiger partial charge in [0.1, 0.15) is 0 Å². The van der Waals surface area contributed by atoms with E-state index in [2.05, 4.69) is 128 Å². The molecule has 222 valence electrons. The summed E-state index contributed by atoms with van der Waals surface area (Å²) in [6, 6.07) is 49.9. The fraction of sp³-hybridized carbons (Fsp3) is 0.0682. The topological polar surface area (TPSA) is 38.7 Å². The van der Waals surface area contributed by atoms with Gasteiger partial charge in [0.15, 0.2) is 5.82 Å². The molecule has 0 N–H and O–H groups in total. The van der Waals surface area contributed by atoms with Crippen LogP contribution in [0.15, 0.2) is 152 Å². The van der Waals surface area contributed by atoms with Crippen LogP contribution < -0.4 is 0 Å². The summed E-state index contributed by atoms with van der Waals surface area (Å²) >= 11 is 0. The molecule has 0 fully saturated rings. The minimum Gasteiger partial charge on any atom is -0.265 e. The molecule has 0 amide bonds. The minimum absolute atomic E-state index is 0.116. The Morgan fingerprint density at radius 1 is 0.447 bits per heavy atom. The molecule has 0 unspecified atom stereocenters. The number of fused-ring (bicyclic) bond motifs is 6. The summed E-state index contributed by atoms with van der Waals surface area (Å²) in [5.41, 5.74) is 12.6. The molecule has 9 rings (SSSR count). The Bertz CT molecular complexity index is 2420. The van der Waals surface area contributed by atoms with Crippen molar-refractivity contribution in [2.45, 2.75) is 19.3 Å². The SMILES string of the molecule is CC1(C)c2cc(-c3ccc(-c4cc(-c5ccncc5)nc(-c5ccccc5)n4)c4ccccc34)ccc2-c2ccc3ccccc3c21. The first-order chi connectivity index (χ1) is 23.1. The highest BCUT2D eigenvalue weighted by Crippen LogP contribution is 2.52. The first-order valence-electron chi connectivity index (χ1n) is 16.1. The lowest BCUT2D eigenvalue weighted by Crippen LogP contribution is -2.15. The van der Waals surface area contributed by atoms with Gasteiger partial charge < -0.3 is 0 Å². The fourth-order valence-electron chi connectivity index (χ4n) is 7.51. The van der Waals surface area contributed by atoms with Crippen molar-refractivity contribution in [3.8, 4) is 56.2 Å². The van der Waals surface area contributed by atoms with Crippen molar-refractivity contribution in [1.82, 2.24) is 15.0 Å². The monoisotopic (exact) mass is 601 g/mol. The van der Waals surface area contributed by atoms with Gasteiger partial charge in [-0.3, -0.25) is 4.98 Å². The molecule has 47 heavy (non-hydrogen) atoms. The van der Waals surface area contributed by atoms with Crippen molar-refractivity contribution in [3.05, 3.63) is 163 Å². The number of hydrogen-bond donors (Lipinski definition) is 0. The first kappa shape index (κ1) is 27.4. The number of pyridine rings is 1. The molecule has 8 aromatic rings. The predicted molar refractivity (Wildman–Crippen MR) is 194 cm³/mol. The van der Waals surface area contributed by atoms with E-state index in [1.54, 1.807) is 0 Å². The molecular weight excluding hydrogens is 571 g/mol. The number of rotatable bonds is 4. The van der Waals surface area contributed by atoms with Crippen LogP contribution in [0.2, 0.25) is 0 Å². The van der Waals surface area contributed by atoms with Crippen molar-refractivity contribution in [2.24, 2.45) is 0 Å². The Kier molecular flexibility index (Phi) is 6.16. The van der Waals surface area contributed by atoms with E-state index in [0.29, 0.717) is 5.82 Å². The molecule has 6 aromatic carbocycles. The highest BCUT2D eigenvalue weighted by molar-refractivity contribution is 6.05. The van der Waals surface area contributed by atoms with Gasteiger partial charge in [-0.15, -0.1) is 0 Å². The van der Waals surface area contributed by atoms with E-state index < -0.39 is 0 Å². The highest BCUT2D eigenvalue weighted by atomic mass is 14.9. The molecule has 1 aliphatic rings. The molecule has 1 aliphatic carbocycles. The Labute approximate surface area is 274 Å². The van der Waals surface area contributed by atoms with Crippen molar-refractivity contribution < 1.29 is 0 Å². The van der Waals surface area contributed by atoms with Crippen LogP contribution in [0.4, 0.5) is 0 Å². The molecule has 0 radical (unpaired) electrons. The predicted octanol–water partition coefficient (Wildman–Crippen LogP) is 11.2. The summed E-state index contributed by atoms with van der Waals surface area (Å²) in [6.45, 7) is 4.74. The Balaban J connectivity index is 1.21. The van der Waals surface area contributed by atoms with Crippen LogP contribution in [0.25, 0.3) is 77.7 Å². The molecule has 3 heteroatoms. The van der Waals surface area contributed by atoms with E-state index >= 15 is 0 Å². The molecule has 0 spiro atoms. The fourth-order valence-corrected chi connectivity index (χ4v) is 7.51. The molecular formula is C44H31N3. The lowest BCUT2D eigenvalue weighted by atomic mass is 9.79. The zero-order valence-electron chi connectivity index (χ0n) is 26.3. The van der Waals surface area contributed by atoms with E-state index in [-0.39, 0.29) is 5.41 Å². The Hall–Kier alpha value is -5.93. The third-order valence-corrected chi connectivity index (χ3v) is 9.78. The van der Waals surface area contributed by atoms with Crippen molar-refractivity contribution in [2.75, 3.05) is 0 Å². The summed E-state index contributed by atoms with van der Waals surface area (Å²) in [5.74, 6) is 0.705. The van der Waals surface area contributed by atoms with Crippen LogP contribution >= 0.6 is 0 Å². The number of nitrogens with zero attached hydrogens (tertiary/aromatic N) is 3. The molecule has 2 heterocycles. The second kappa shape index (κ2) is 10.6. The summed E-state index contributed by atoms with van der Waals surface area (Å²) in [4.78, 5) is 14.4. The normalized spacial score (nSPS) is 13.1. The maximum atomic E-state index is 5.14. The maximum Gasteiger partial charge on any atom is 0.160 e. The second-order valence-electron chi connectivity index (χ2n) is 12.9. The summed E-state index contributed by atoms with van der Waals surface area (Å²) in [7, 11) is 0. The van der Waals surface area contributed by atoms with Crippen molar-refractivity contribution >= 4 is 21.5 Å². The average Bonchev–Trinajstić information content (AvgIpc) is 3.37. The van der Waals surface area contributed by atoms with E-state index in [0.717, 1.165) is 33.5 Å². The van der Waals surface area contributed by atoms with Gasteiger partial charge in [0, 0.05) is 34.5 Å². The van der Waals surface area contributed by atoms with Gasteiger partial charge in [0.05, 0.1) is 11.4 Å². The molecule has 0 saturated carbocycles. The smallest absolute Gasteiger partial charge is 0.160 e. The standard InChI is InChI=1S/C44H31N3/c1-44(2)39-26-31(17-18-36(39)38-19-16-28-10-6-7-13-33(28)42(38)44)32-20-21-37(35-15-9-8-14-34(32)35)41-27-40(29-22-24-45-25-23-29)46-43(47-41)30-11-4-3-5-12-30/h3-27H,1-2H3. The molecule has 0 saturated heterocycles. The van der Waals surface area contributed by atoms with Gasteiger partial charge >= 0.3 is 0 Å². The summed E-state index contributed by atoms with van der Waals surface area (Å²) in [5, 5.41) is 5.00. The van der Waals surface area contributed by atoms with E-state index in [9.17, 15) is 0 Å². The third kappa shape index (κ3) is 4.39. The molecule has 0 aliphatic heterocycles. The van der Waals surface area contributed by atoms with E-state index in [1.807, 2.05) is 42.7 Å². The lowest BCUT2D eigenvalue weighted by molar-refractivity contribution is 0.666. The lowest BCUT2D eigenvalue weighted by Gasteiger charge is -2.24. The van der Waals surface area contributed by atoms with Gasteiger partial charge in [0.2, 0.25) is 0 Å². The molecule has 3 nitrogen and oxygen atoms in total. The van der Waals surface area contributed by atoms with Crippen molar-refractivity contribution in [1.29, 1.82) is 0 Å². The quantitative estimate of drug-likeness (QED) is 0.201. The van der Waals surface area contributed by atoms with Gasteiger partial charge in [-0.05, 0) is 79.2 Å². The van der Waals surface area contributed by atoms with Gasteiger partial charge in [-0.1, -0.05) is 129 Å². The van der Waals surface area contributed by atoms with Crippen LogP contribution in [0, 0.1) is 0 Å². The Morgan fingerprint density at radius 3 is 1.89 bits per heavy atom.